The Bertz CT molecular complexity index is 486. The fourth-order valence-electron chi connectivity index (χ4n) is 1.37. The molecule has 3 nitrogen and oxygen atoms in total. The molecular weight excluding hydrogens is 186 g/mol. The van der Waals surface area contributed by atoms with E-state index in [-0.39, 0.29) is 0 Å². The van der Waals surface area contributed by atoms with E-state index in [2.05, 4.69) is 16.0 Å². The molecule has 0 N–H and O–H groups in total. The summed E-state index contributed by atoms with van der Waals surface area (Å²) in [6.45, 7) is 0. The van der Waals surface area contributed by atoms with Crippen molar-refractivity contribution in [2.75, 3.05) is 0 Å². The predicted molar refractivity (Wildman–Crippen MR) is 56.8 cm³/mol. The summed E-state index contributed by atoms with van der Waals surface area (Å²) in [7, 11) is 0. The van der Waals surface area contributed by atoms with Gasteiger partial charge in [-0.2, -0.15) is 5.26 Å². The van der Waals surface area contributed by atoms with Crippen LogP contribution in [0.4, 0.5) is 0 Å². The van der Waals surface area contributed by atoms with Gasteiger partial charge in [-0.1, -0.05) is 6.07 Å². The zero-order chi connectivity index (χ0) is 10.5. The summed E-state index contributed by atoms with van der Waals surface area (Å²) in [4.78, 5) is 8.16. The summed E-state index contributed by atoms with van der Waals surface area (Å²) in [5.41, 5.74) is 2.88. The molecular formula is C12H9N3. The second-order valence-corrected chi connectivity index (χ2v) is 3.11. The van der Waals surface area contributed by atoms with Crippen molar-refractivity contribution < 1.29 is 0 Å². The summed E-state index contributed by atoms with van der Waals surface area (Å²) < 4.78 is 0. The number of hydrogen-bond donors (Lipinski definition) is 0. The van der Waals surface area contributed by atoms with Crippen LogP contribution in [0, 0.1) is 11.3 Å². The topological polar surface area (TPSA) is 49.6 Å². The molecule has 0 saturated heterocycles. The average molecular weight is 195 g/mol. The van der Waals surface area contributed by atoms with Crippen LogP contribution in [-0.4, -0.2) is 9.97 Å². The van der Waals surface area contributed by atoms with E-state index in [0.717, 1.165) is 16.8 Å². The lowest BCUT2D eigenvalue weighted by Crippen LogP contribution is -1.88. The van der Waals surface area contributed by atoms with Crippen LogP contribution in [0.5, 0.6) is 0 Å². The molecule has 2 rings (SSSR count). The first-order valence-electron chi connectivity index (χ1n) is 4.62. The van der Waals surface area contributed by atoms with E-state index in [1.54, 1.807) is 18.6 Å². The first kappa shape index (κ1) is 9.35. The lowest BCUT2D eigenvalue weighted by molar-refractivity contribution is 1.12. The fraction of sp³-hybridized carbons (Fsp3) is 0.0833. The molecule has 0 aliphatic rings. The molecule has 2 aromatic heterocycles. The van der Waals surface area contributed by atoms with Crippen LogP contribution < -0.4 is 0 Å². The van der Waals surface area contributed by atoms with Crippen LogP contribution >= 0.6 is 0 Å². The SMILES string of the molecule is N#CCc1cc(-c2cccnc2)ccn1. The Morgan fingerprint density at radius 1 is 1.20 bits per heavy atom. The van der Waals surface area contributed by atoms with Crippen LogP contribution in [0.1, 0.15) is 5.69 Å². The van der Waals surface area contributed by atoms with Crippen LogP contribution in [0.2, 0.25) is 0 Å². The van der Waals surface area contributed by atoms with Crippen LogP contribution in [-0.2, 0) is 6.42 Å². The van der Waals surface area contributed by atoms with Crippen molar-refractivity contribution in [3.63, 3.8) is 0 Å². The van der Waals surface area contributed by atoms with Crippen molar-refractivity contribution >= 4 is 0 Å². The van der Waals surface area contributed by atoms with Crippen molar-refractivity contribution in [2.45, 2.75) is 6.42 Å². The molecule has 0 aromatic carbocycles. The molecule has 0 amide bonds. The lowest BCUT2D eigenvalue weighted by atomic mass is 10.1. The van der Waals surface area contributed by atoms with Crippen molar-refractivity contribution in [3.8, 4) is 17.2 Å². The van der Waals surface area contributed by atoms with Gasteiger partial charge in [0, 0.05) is 24.2 Å². The molecule has 0 bridgehead atoms. The quantitative estimate of drug-likeness (QED) is 0.738. The Balaban J connectivity index is 2.38. The zero-order valence-electron chi connectivity index (χ0n) is 8.09. The molecule has 3 heteroatoms. The van der Waals surface area contributed by atoms with Crippen molar-refractivity contribution in [2.24, 2.45) is 0 Å². The number of rotatable bonds is 2. The van der Waals surface area contributed by atoms with Gasteiger partial charge in [0.1, 0.15) is 0 Å². The highest BCUT2D eigenvalue weighted by Crippen LogP contribution is 2.17. The molecule has 2 aromatic rings. The van der Waals surface area contributed by atoms with Gasteiger partial charge in [-0.25, -0.2) is 0 Å². The summed E-state index contributed by atoms with van der Waals surface area (Å²) in [5.74, 6) is 0. The van der Waals surface area contributed by atoms with Gasteiger partial charge in [0.25, 0.3) is 0 Å². The second-order valence-electron chi connectivity index (χ2n) is 3.11. The van der Waals surface area contributed by atoms with Crippen molar-refractivity contribution in [1.82, 2.24) is 9.97 Å². The maximum atomic E-state index is 8.58. The predicted octanol–water partition coefficient (Wildman–Crippen LogP) is 2.21. The first-order chi connectivity index (χ1) is 7.40. The van der Waals surface area contributed by atoms with E-state index in [9.17, 15) is 0 Å². The first-order valence-corrected chi connectivity index (χ1v) is 4.62. The van der Waals surface area contributed by atoms with E-state index in [1.807, 2.05) is 24.3 Å². The number of pyridine rings is 2. The highest BCUT2D eigenvalue weighted by molar-refractivity contribution is 5.62. The number of aromatic nitrogens is 2. The van der Waals surface area contributed by atoms with Crippen molar-refractivity contribution in [1.29, 1.82) is 5.26 Å². The van der Waals surface area contributed by atoms with Gasteiger partial charge in [-0.3, -0.25) is 9.97 Å². The van der Waals surface area contributed by atoms with Gasteiger partial charge in [0.2, 0.25) is 0 Å². The highest BCUT2D eigenvalue weighted by Gasteiger charge is 1.99. The van der Waals surface area contributed by atoms with E-state index in [1.165, 1.54) is 0 Å². The Morgan fingerprint density at radius 3 is 2.87 bits per heavy atom. The normalized spacial score (nSPS) is 9.53. The summed E-state index contributed by atoms with van der Waals surface area (Å²) in [6.07, 6.45) is 5.59. The Kier molecular flexibility index (Phi) is 2.70. The summed E-state index contributed by atoms with van der Waals surface area (Å²) in [6, 6.07) is 9.79. The molecule has 0 unspecified atom stereocenters. The average Bonchev–Trinajstić information content (AvgIpc) is 2.31. The van der Waals surface area contributed by atoms with Gasteiger partial charge in [-0.05, 0) is 23.8 Å². The zero-order valence-corrected chi connectivity index (χ0v) is 8.09. The second kappa shape index (κ2) is 4.34. The maximum Gasteiger partial charge on any atom is 0.0774 e. The van der Waals surface area contributed by atoms with Gasteiger partial charge >= 0.3 is 0 Å². The Hall–Kier alpha value is -2.21. The van der Waals surface area contributed by atoms with Gasteiger partial charge < -0.3 is 0 Å². The minimum absolute atomic E-state index is 0.341. The van der Waals surface area contributed by atoms with Gasteiger partial charge in [-0.15, -0.1) is 0 Å². The number of nitriles is 1. The molecule has 15 heavy (non-hydrogen) atoms. The third-order valence-electron chi connectivity index (χ3n) is 2.07. The van der Waals surface area contributed by atoms with E-state index >= 15 is 0 Å². The molecule has 0 atom stereocenters. The molecule has 72 valence electrons. The maximum absolute atomic E-state index is 8.58. The van der Waals surface area contributed by atoms with Gasteiger partial charge in [0.15, 0.2) is 0 Å². The largest absolute Gasteiger partial charge is 0.264 e. The third kappa shape index (κ3) is 2.18. The minimum Gasteiger partial charge on any atom is -0.264 e. The standard InChI is InChI=1S/C12H9N3/c13-5-3-12-8-10(4-7-15-12)11-2-1-6-14-9-11/h1-2,4,6-9H,3H2. The van der Waals surface area contributed by atoms with Crippen LogP contribution in [0.25, 0.3) is 11.1 Å². The monoisotopic (exact) mass is 195 g/mol. The fourth-order valence-corrected chi connectivity index (χ4v) is 1.37. The molecule has 0 fully saturated rings. The number of nitrogens with zero attached hydrogens (tertiary/aromatic N) is 3. The molecule has 0 radical (unpaired) electrons. The van der Waals surface area contributed by atoms with E-state index in [4.69, 9.17) is 5.26 Å². The Labute approximate surface area is 88.1 Å². The molecule has 0 spiro atoms. The van der Waals surface area contributed by atoms with E-state index < -0.39 is 0 Å². The molecule has 0 saturated carbocycles. The minimum atomic E-state index is 0.341. The highest BCUT2D eigenvalue weighted by atomic mass is 14.7. The number of hydrogen-bond acceptors (Lipinski definition) is 3. The molecule has 0 aliphatic heterocycles. The smallest absolute Gasteiger partial charge is 0.0774 e. The van der Waals surface area contributed by atoms with Crippen molar-refractivity contribution in [3.05, 3.63) is 48.5 Å². The van der Waals surface area contributed by atoms with Crippen LogP contribution in [0.15, 0.2) is 42.9 Å². The lowest BCUT2D eigenvalue weighted by Gasteiger charge is -2.01. The van der Waals surface area contributed by atoms with Gasteiger partial charge in [0.05, 0.1) is 18.2 Å². The molecule has 2 heterocycles. The Morgan fingerprint density at radius 2 is 2.13 bits per heavy atom. The third-order valence-corrected chi connectivity index (χ3v) is 2.07. The van der Waals surface area contributed by atoms with E-state index in [0.29, 0.717) is 6.42 Å². The van der Waals surface area contributed by atoms with Crippen LogP contribution in [0.3, 0.4) is 0 Å². The molecule has 0 aliphatic carbocycles. The summed E-state index contributed by atoms with van der Waals surface area (Å²) in [5, 5.41) is 8.58. The summed E-state index contributed by atoms with van der Waals surface area (Å²) >= 11 is 0.